The summed E-state index contributed by atoms with van der Waals surface area (Å²) in [5.74, 6) is 0.433. The third kappa shape index (κ3) is 5.66. The highest BCUT2D eigenvalue weighted by atomic mass is 32.2. The highest BCUT2D eigenvalue weighted by Gasteiger charge is 2.31. The molecule has 1 aromatic carbocycles. The number of aliphatic imine (C=N–C) groups is 1. The monoisotopic (exact) mass is 422 g/mol. The third-order valence-electron chi connectivity index (χ3n) is 4.07. The van der Waals surface area contributed by atoms with Crippen molar-refractivity contribution < 1.29 is 28.5 Å². The quantitative estimate of drug-likeness (QED) is 0.639. The van der Waals surface area contributed by atoms with Crippen molar-refractivity contribution in [3.63, 3.8) is 0 Å². The summed E-state index contributed by atoms with van der Waals surface area (Å²) in [5.41, 5.74) is 1.75. The minimum Gasteiger partial charge on any atom is -0.493 e. The zero-order chi connectivity index (χ0) is 21.4. The van der Waals surface area contributed by atoms with Crippen LogP contribution in [0.15, 0.2) is 34.5 Å². The van der Waals surface area contributed by atoms with Gasteiger partial charge in [0.15, 0.2) is 16.7 Å². The molecule has 0 radical (unpaired) electrons. The van der Waals surface area contributed by atoms with Crippen LogP contribution in [-0.4, -0.2) is 50.3 Å². The van der Waals surface area contributed by atoms with Crippen molar-refractivity contribution >= 4 is 28.9 Å². The normalized spacial score (nSPS) is 15.9. The Hall–Kier alpha value is -2.68. The number of hydrogen-bond acceptors (Lipinski definition) is 9. The van der Waals surface area contributed by atoms with Crippen LogP contribution in [0.4, 0.5) is 0 Å². The Balaban J connectivity index is 2.40. The second-order valence-corrected chi connectivity index (χ2v) is 6.89. The van der Waals surface area contributed by atoms with Crippen molar-refractivity contribution in [2.24, 2.45) is 4.99 Å². The number of benzene rings is 1. The predicted octanol–water partition coefficient (Wildman–Crippen LogP) is 2.84. The van der Waals surface area contributed by atoms with Gasteiger partial charge in [0, 0.05) is 5.70 Å². The predicted molar refractivity (Wildman–Crippen MR) is 111 cm³/mol. The number of amidine groups is 1. The van der Waals surface area contributed by atoms with Gasteiger partial charge in [0.25, 0.3) is 0 Å². The van der Waals surface area contributed by atoms with E-state index in [2.05, 4.69) is 10.3 Å². The zero-order valence-electron chi connectivity index (χ0n) is 17.2. The van der Waals surface area contributed by atoms with E-state index in [9.17, 15) is 9.59 Å². The maximum absolute atomic E-state index is 12.6. The van der Waals surface area contributed by atoms with Crippen molar-refractivity contribution in [2.75, 3.05) is 33.2 Å². The summed E-state index contributed by atoms with van der Waals surface area (Å²) >= 11 is 1.21. The lowest BCUT2D eigenvalue weighted by Gasteiger charge is -2.26. The summed E-state index contributed by atoms with van der Waals surface area (Å²) in [7, 11) is 3.10. The summed E-state index contributed by atoms with van der Waals surface area (Å²) in [6.07, 6.45) is 0. The zero-order valence-corrected chi connectivity index (χ0v) is 18.1. The molecule has 8 nitrogen and oxygen atoms in total. The molecular formula is C20H26N2O6S. The topological polar surface area (TPSA) is 95.5 Å². The Morgan fingerprint density at radius 2 is 1.79 bits per heavy atom. The van der Waals surface area contributed by atoms with Crippen LogP contribution >= 0.6 is 11.8 Å². The van der Waals surface area contributed by atoms with Crippen LogP contribution in [0, 0.1) is 0 Å². The molecule has 0 amide bonds. The van der Waals surface area contributed by atoms with E-state index in [1.165, 1.54) is 11.8 Å². The number of methoxy groups -OCH3 is 2. The van der Waals surface area contributed by atoms with Crippen molar-refractivity contribution in [1.29, 1.82) is 0 Å². The van der Waals surface area contributed by atoms with Gasteiger partial charge >= 0.3 is 11.9 Å². The molecule has 2 rings (SSSR count). The molecule has 1 atom stereocenters. The number of nitrogens with zero attached hydrogens (tertiary/aromatic N) is 1. The van der Waals surface area contributed by atoms with Gasteiger partial charge in [-0.15, -0.1) is 0 Å². The van der Waals surface area contributed by atoms with Crippen LogP contribution < -0.4 is 14.8 Å². The van der Waals surface area contributed by atoms with Crippen LogP contribution in [-0.2, 0) is 19.1 Å². The highest BCUT2D eigenvalue weighted by Crippen LogP contribution is 2.37. The number of ether oxygens (including phenoxy) is 4. The standard InChI is InChI=1S/C20H26N2O6S/c1-6-27-16(23)11-29-20-21-12(3)17(19(24)28-7-2)18(22-20)13-8-9-14(25-4)15(10-13)26-5/h8-10,18H,6-7,11H2,1-5H3,(H,21,22). The minimum absolute atomic E-state index is 0.111. The number of esters is 2. The molecule has 158 valence electrons. The first-order valence-corrected chi connectivity index (χ1v) is 10.2. The Morgan fingerprint density at radius 3 is 2.41 bits per heavy atom. The van der Waals surface area contributed by atoms with Gasteiger partial charge in [0.2, 0.25) is 0 Å². The number of hydrogen-bond donors (Lipinski definition) is 1. The lowest BCUT2D eigenvalue weighted by atomic mass is 9.96. The van der Waals surface area contributed by atoms with Crippen LogP contribution in [0.25, 0.3) is 0 Å². The van der Waals surface area contributed by atoms with E-state index < -0.39 is 12.0 Å². The molecule has 29 heavy (non-hydrogen) atoms. The molecule has 0 bridgehead atoms. The molecule has 0 aromatic heterocycles. The van der Waals surface area contributed by atoms with E-state index in [1.54, 1.807) is 47.1 Å². The van der Waals surface area contributed by atoms with Gasteiger partial charge in [-0.1, -0.05) is 17.8 Å². The number of nitrogens with one attached hydrogen (secondary N) is 1. The van der Waals surface area contributed by atoms with Crippen LogP contribution in [0.5, 0.6) is 11.5 Å². The molecule has 0 aliphatic carbocycles. The first kappa shape index (κ1) is 22.6. The number of allylic oxidation sites excluding steroid dienone is 1. The van der Waals surface area contributed by atoms with Gasteiger partial charge in [-0.3, -0.25) is 4.79 Å². The van der Waals surface area contributed by atoms with Crippen molar-refractivity contribution in [1.82, 2.24) is 5.32 Å². The second-order valence-electron chi connectivity index (χ2n) is 5.93. The van der Waals surface area contributed by atoms with E-state index >= 15 is 0 Å². The van der Waals surface area contributed by atoms with E-state index in [4.69, 9.17) is 18.9 Å². The number of thioether (sulfide) groups is 1. The molecule has 0 spiro atoms. The number of rotatable bonds is 8. The molecule has 1 aliphatic heterocycles. The minimum atomic E-state index is -0.611. The number of carbonyl (C=O) groups is 2. The Morgan fingerprint density at radius 1 is 1.10 bits per heavy atom. The lowest BCUT2D eigenvalue weighted by Crippen LogP contribution is -2.31. The summed E-state index contributed by atoms with van der Waals surface area (Å²) < 4.78 is 20.9. The van der Waals surface area contributed by atoms with E-state index in [0.29, 0.717) is 34.5 Å². The molecular weight excluding hydrogens is 396 g/mol. The number of carbonyl (C=O) groups excluding carboxylic acids is 2. The first-order valence-electron chi connectivity index (χ1n) is 9.18. The van der Waals surface area contributed by atoms with Crippen molar-refractivity contribution in [2.45, 2.75) is 26.8 Å². The fourth-order valence-corrected chi connectivity index (χ4v) is 3.53. The first-order chi connectivity index (χ1) is 13.9. The summed E-state index contributed by atoms with van der Waals surface area (Å²) in [4.78, 5) is 28.9. The van der Waals surface area contributed by atoms with Crippen molar-refractivity contribution in [3.8, 4) is 11.5 Å². The van der Waals surface area contributed by atoms with E-state index in [1.807, 2.05) is 6.07 Å². The van der Waals surface area contributed by atoms with Gasteiger partial charge in [-0.25, -0.2) is 9.79 Å². The Kier molecular flexibility index (Phi) is 8.38. The van der Waals surface area contributed by atoms with E-state index in [-0.39, 0.29) is 18.3 Å². The maximum Gasteiger partial charge on any atom is 0.338 e. The summed E-state index contributed by atoms with van der Waals surface area (Å²) in [6.45, 7) is 5.85. The van der Waals surface area contributed by atoms with Crippen LogP contribution in [0.2, 0.25) is 0 Å². The molecule has 1 unspecified atom stereocenters. The molecule has 1 heterocycles. The maximum atomic E-state index is 12.6. The van der Waals surface area contributed by atoms with Gasteiger partial charge in [0.05, 0.1) is 38.8 Å². The molecule has 1 aliphatic rings. The van der Waals surface area contributed by atoms with Crippen LogP contribution in [0.1, 0.15) is 32.4 Å². The van der Waals surface area contributed by atoms with Crippen LogP contribution in [0.3, 0.4) is 0 Å². The largest absolute Gasteiger partial charge is 0.493 e. The smallest absolute Gasteiger partial charge is 0.338 e. The van der Waals surface area contributed by atoms with Gasteiger partial charge in [-0.2, -0.15) is 0 Å². The highest BCUT2D eigenvalue weighted by molar-refractivity contribution is 8.14. The molecule has 1 aromatic rings. The summed E-state index contributed by atoms with van der Waals surface area (Å²) in [6, 6.07) is 4.74. The molecule has 9 heteroatoms. The van der Waals surface area contributed by atoms with E-state index in [0.717, 1.165) is 5.56 Å². The van der Waals surface area contributed by atoms with Gasteiger partial charge in [0.1, 0.15) is 6.04 Å². The summed E-state index contributed by atoms with van der Waals surface area (Å²) in [5, 5.41) is 3.60. The lowest BCUT2D eigenvalue weighted by molar-refractivity contribution is -0.140. The third-order valence-corrected chi connectivity index (χ3v) is 4.93. The van der Waals surface area contributed by atoms with Crippen molar-refractivity contribution in [3.05, 3.63) is 35.0 Å². The second kappa shape index (κ2) is 10.8. The average molecular weight is 423 g/mol. The molecule has 0 saturated heterocycles. The van der Waals surface area contributed by atoms with Gasteiger partial charge in [-0.05, 0) is 38.5 Å². The fourth-order valence-electron chi connectivity index (χ4n) is 2.79. The molecule has 1 N–H and O–H groups in total. The Bertz CT molecular complexity index is 821. The van der Waals surface area contributed by atoms with Gasteiger partial charge < -0.3 is 24.3 Å². The molecule has 0 saturated carbocycles. The fraction of sp³-hybridized carbons (Fsp3) is 0.450. The molecule has 0 fully saturated rings. The average Bonchev–Trinajstić information content (AvgIpc) is 2.71. The SMILES string of the molecule is CCOC(=O)CSC1=NC(c2ccc(OC)c(OC)c2)C(C(=O)OCC)=C(C)N1. The Labute approximate surface area is 174 Å².